The van der Waals surface area contributed by atoms with Crippen LogP contribution in [0.5, 0.6) is 0 Å². The molecule has 7 heteroatoms. The molecule has 172 valence electrons. The second kappa shape index (κ2) is 15.2. The molecule has 0 aromatic rings. The molecule has 1 aliphatic carbocycles. The van der Waals surface area contributed by atoms with E-state index in [4.69, 9.17) is 0 Å². The van der Waals surface area contributed by atoms with Gasteiger partial charge in [0.25, 0.3) is 0 Å². The van der Waals surface area contributed by atoms with Crippen molar-refractivity contribution in [3.63, 3.8) is 0 Å². The highest BCUT2D eigenvalue weighted by atomic mass is 32.2. The van der Waals surface area contributed by atoms with Gasteiger partial charge in [0.2, 0.25) is 10.0 Å². The van der Waals surface area contributed by atoms with E-state index in [1.807, 2.05) is 20.9 Å². The number of aldehydes is 1. The predicted octanol–water partition coefficient (Wildman–Crippen LogP) is 3.67. The van der Waals surface area contributed by atoms with Crippen molar-refractivity contribution in [3.05, 3.63) is 84.3 Å². The minimum Gasteiger partial charge on any atom is -0.384 e. The van der Waals surface area contributed by atoms with Gasteiger partial charge in [-0.3, -0.25) is 4.72 Å². The predicted molar refractivity (Wildman–Crippen MR) is 132 cm³/mol. The topological polar surface area (TPSA) is 87.3 Å². The third-order valence-corrected chi connectivity index (χ3v) is 4.94. The van der Waals surface area contributed by atoms with Crippen molar-refractivity contribution in [2.45, 2.75) is 39.2 Å². The number of carbonyl (C=O) groups is 1. The maximum atomic E-state index is 11.1. The molecule has 0 unspecified atom stereocenters. The van der Waals surface area contributed by atoms with Crippen molar-refractivity contribution in [1.29, 1.82) is 0 Å². The van der Waals surface area contributed by atoms with Crippen molar-refractivity contribution < 1.29 is 13.2 Å². The van der Waals surface area contributed by atoms with Crippen molar-refractivity contribution >= 4 is 16.3 Å². The first-order chi connectivity index (χ1) is 14.7. The molecule has 0 heterocycles. The Morgan fingerprint density at radius 2 is 1.77 bits per heavy atom. The van der Waals surface area contributed by atoms with Gasteiger partial charge in [-0.25, -0.2) is 8.42 Å². The lowest BCUT2D eigenvalue weighted by molar-refractivity contribution is -0.107. The molecule has 0 aromatic carbocycles. The lowest BCUT2D eigenvalue weighted by atomic mass is 10.0. The number of sulfonamides is 1. The number of hydrogen-bond donors (Lipinski definition) is 3. The Morgan fingerprint density at radius 1 is 1.10 bits per heavy atom. The van der Waals surface area contributed by atoms with Crippen LogP contribution in [0.4, 0.5) is 0 Å². The van der Waals surface area contributed by atoms with Crippen LogP contribution in [0.15, 0.2) is 84.3 Å². The lowest BCUT2D eigenvalue weighted by Crippen LogP contribution is -2.28. The molecule has 0 spiro atoms. The monoisotopic (exact) mass is 447 g/mol. The summed E-state index contributed by atoms with van der Waals surface area (Å²) in [6, 6.07) is 0. The average molecular weight is 448 g/mol. The fraction of sp³-hybridized carbons (Fsp3) is 0.375. The van der Waals surface area contributed by atoms with Crippen LogP contribution in [-0.4, -0.2) is 40.1 Å². The third kappa shape index (κ3) is 13.3. The molecular formula is C24H37N3O3S. The third-order valence-electron chi connectivity index (χ3n) is 4.33. The van der Waals surface area contributed by atoms with Gasteiger partial charge in [0, 0.05) is 11.2 Å². The molecule has 0 aromatic heterocycles. The minimum absolute atomic E-state index is 0.171. The molecule has 0 bridgehead atoms. The Balaban J connectivity index is 0.000000609. The van der Waals surface area contributed by atoms with Crippen LogP contribution in [0.2, 0.25) is 0 Å². The molecule has 0 amide bonds. The molecule has 0 aliphatic heterocycles. The molecule has 1 aliphatic rings. The Morgan fingerprint density at radius 3 is 2.23 bits per heavy atom. The van der Waals surface area contributed by atoms with Crippen molar-refractivity contribution in [3.8, 4) is 0 Å². The second-order valence-electron chi connectivity index (χ2n) is 7.00. The number of nitrogens with one attached hydrogen (secondary N) is 3. The largest absolute Gasteiger partial charge is 0.384 e. The smallest absolute Gasteiger partial charge is 0.229 e. The first-order valence-corrected chi connectivity index (χ1v) is 12.0. The summed E-state index contributed by atoms with van der Waals surface area (Å²) in [7, 11) is -1.30. The fourth-order valence-corrected chi connectivity index (χ4v) is 3.02. The highest BCUT2D eigenvalue weighted by molar-refractivity contribution is 7.88. The van der Waals surface area contributed by atoms with Crippen molar-refractivity contribution in [1.82, 2.24) is 15.4 Å². The summed E-state index contributed by atoms with van der Waals surface area (Å²) in [5.41, 5.74) is 2.97. The van der Waals surface area contributed by atoms with E-state index in [1.54, 1.807) is 18.2 Å². The molecule has 0 radical (unpaired) electrons. The van der Waals surface area contributed by atoms with Gasteiger partial charge < -0.3 is 15.4 Å². The van der Waals surface area contributed by atoms with Crippen LogP contribution in [-0.2, 0) is 14.8 Å². The van der Waals surface area contributed by atoms with Crippen LogP contribution in [0.3, 0.4) is 0 Å². The highest BCUT2D eigenvalue weighted by Gasteiger charge is 2.43. The van der Waals surface area contributed by atoms with Crippen molar-refractivity contribution in [2.24, 2.45) is 0 Å². The molecule has 6 nitrogen and oxygen atoms in total. The van der Waals surface area contributed by atoms with Crippen LogP contribution in [0, 0.1) is 0 Å². The maximum Gasteiger partial charge on any atom is 0.229 e. The van der Waals surface area contributed by atoms with Crippen LogP contribution >= 0.6 is 0 Å². The standard InChI is InChI=1S/C12H18N2O3S.C12H19N/c1-4-11(2)5-6-12(14-18(3,16)17)7-8-13-9-10-15;1-4-6-8-11(7-5-2)12(13-3)9-10-12/h4-8,10,13-14H,1,9H2,2-3H3;4-8,13H,9-10H2,1-3H3/b8-7+,11-5+,12-6+;6-4-,7-5-,11-8+. The Labute approximate surface area is 188 Å². The van der Waals surface area contributed by atoms with Gasteiger partial charge in [-0.05, 0) is 64.6 Å². The summed E-state index contributed by atoms with van der Waals surface area (Å²) >= 11 is 0. The number of carbonyl (C=O) groups excluding carboxylic acids is 1. The van der Waals surface area contributed by atoms with E-state index in [-0.39, 0.29) is 12.1 Å². The second-order valence-corrected chi connectivity index (χ2v) is 8.75. The fourth-order valence-electron chi connectivity index (χ4n) is 2.45. The van der Waals surface area contributed by atoms with E-state index in [0.29, 0.717) is 12.0 Å². The Kier molecular flexibility index (Phi) is 13.9. The summed E-state index contributed by atoms with van der Waals surface area (Å²) in [4.78, 5) is 10.1. The van der Waals surface area contributed by atoms with Gasteiger partial charge in [-0.15, -0.1) is 0 Å². The first-order valence-electron chi connectivity index (χ1n) is 10.2. The van der Waals surface area contributed by atoms with Crippen LogP contribution in [0.1, 0.15) is 33.6 Å². The van der Waals surface area contributed by atoms with Crippen LogP contribution in [0.25, 0.3) is 0 Å². The zero-order valence-corrected chi connectivity index (χ0v) is 20.1. The lowest BCUT2D eigenvalue weighted by Gasteiger charge is -2.15. The van der Waals surface area contributed by atoms with E-state index in [1.165, 1.54) is 30.7 Å². The minimum atomic E-state index is -3.34. The van der Waals surface area contributed by atoms with Gasteiger partial charge in [0.1, 0.15) is 6.29 Å². The molecule has 1 saturated carbocycles. The van der Waals surface area contributed by atoms with Crippen molar-refractivity contribution in [2.75, 3.05) is 19.8 Å². The van der Waals surface area contributed by atoms with E-state index in [2.05, 4.69) is 59.2 Å². The van der Waals surface area contributed by atoms with E-state index < -0.39 is 10.0 Å². The van der Waals surface area contributed by atoms with E-state index in [9.17, 15) is 13.2 Å². The summed E-state index contributed by atoms with van der Waals surface area (Å²) in [5, 5.41) is 6.08. The first kappa shape index (κ1) is 28.4. The zero-order valence-electron chi connectivity index (χ0n) is 19.3. The maximum absolute atomic E-state index is 11.1. The van der Waals surface area contributed by atoms with E-state index in [0.717, 1.165) is 11.8 Å². The number of rotatable bonds is 12. The zero-order chi connectivity index (χ0) is 23.8. The molecule has 3 N–H and O–H groups in total. The van der Waals surface area contributed by atoms with Gasteiger partial charge in [-0.1, -0.05) is 54.7 Å². The molecular weight excluding hydrogens is 410 g/mol. The molecule has 0 saturated heterocycles. The van der Waals surface area contributed by atoms with Gasteiger partial charge in [0.15, 0.2) is 0 Å². The van der Waals surface area contributed by atoms with Crippen LogP contribution < -0.4 is 15.4 Å². The Bertz CT molecular complexity index is 857. The van der Waals surface area contributed by atoms with Gasteiger partial charge in [-0.2, -0.15) is 0 Å². The highest BCUT2D eigenvalue weighted by Crippen LogP contribution is 2.42. The molecule has 1 rings (SSSR count). The molecule has 31 heavy (non-hydrogen) atoms. The van der Waals surface area contributed by atoms with E-state index >= 15 is 0 Å². The summed E-state index contributed by atoms with van der Waals surface area (Å²) in [5.74, 6) is 0. The number of likely N-dealkylation sites (N-methyl/N-ethyl adjacent to an activating group) is 1. The molecule has 0 atom stereocenters. The summed E-state index contributed by atoms with van der Waals surface area (Å²) in [6.07, 6.45) is 23.0. The quantitative estimate of drug-likeness (QED) is 0.241. The molecule has 1 fully saturated rings. The normalized spacial score (nSPS) is 16.9. The van der Waals surface area contributed by atoms with Gasteiger partial charge in [0.05, 0.1) is 12.8 Å². The number of hydrogen-bond acceptors (Lipinski definition) is 5. The summed E-state index contributed by atoms with van der Waals surface area (Å²) in [6.45, 7) is 9.72. The van der Waals surface area contributed by atoms with Gasteiger partial charge >= 0.3 is 0 Å². The average Bonchev–Trinajstić information content (AvgIpc) is 3.52. The SMILES string of the molecule is C=C/C(C)=C/C=C(\C=C\NCC=O)NS(C)(=O)=O.C\C=C/C=C(\C=C/C)C1(NC)CC1. The number of allylic oxidation sites excluding steroid dienone is 9. The Hall–Kier alpha value is -2.64. The summed E-state index contributed by atoms with van der Waals surface area (Å²) < 4.78 is 24.6.